The second kappa shape index (κ2) is 3.86. The minimum absolute atomic E-state index is 1.02. The summed E-state index contributed by atoms with van der Waals surface area (Å²) in [5.41, 5.74) is 1.02. The molecule has 1 aromatic carbocycles. The summed E-state index contributed by atoms with van der Waals surface area (Å²) in [6, 6.07) is 8.02. The van der Waals surface area contributed by atoms with Crippen LogP contribution < -0.4 is 10.4 Å². The van der Waals surface area contributed by atoms with E-state index in [-0.39, 0.29) is 0 Å². The highest BCUT2D eigenvalue weighted by Gasteiger charge is 1.82. The van der Waals surface area contributed by atoms with E-state index < -0.39 is 0 Å². The summed E-state index contributed by atoms with van der Waals surface area (Å²) < 4.78 is 0. The molecule has 1 heteroatoms. The minimum Gasteiger partial charge on any atom is -0.293 e. The van der Waals surface area contributed by atoms with Crippen molar-refractivity contribution in [2.45, 2.75) is 6.92 Å². The van der Waals surface area contributed by atoms with Gasteiger partial charge >= 0.3 is 0 Å². The van der Waals surface area contributed by atoms with E-state index in [1.165, 1.54) is 0 Å². The summed E-state index contributed by atoms with van der Waals surface area (Å²) in [7, 11) is 1.79. The van der Waals surface area contributed by atoms with Crippen LogP contribution in [0.4, 0.5) is 0 Å². The molecule has 0 atom stereocenters. The van der Waals surface area contributed by atoms with Crippen LogP contribution in [0.2, 0.25) is 0 Å². The fourth-order valence-electron chi connectivity index (χ4n) is 0.965. The summed E-state index contributed by atoms with van der Waals surface area (Å²) in [6.45, 7) is 5.90. The summed E-state index contributed by atoms with van der Waals surface area (Å²) in [5, 5.41) is 2.18. The van der Waals surface area contributed by atoms with Crippen molar-refractivity contribution in [3.8, 4) is 0 Å². The molecule has 0 aliphatic rings. The zero-order valence-corrected chi connectivity index (χ0v) is 7.54. The van der Waals surface area contributed by atoms with Crippen LogP contribution in [0.1, 0.15) is 6.92 Å². The van der Waals surface area contributed by atoms with E-state index in [4.69, 9.17) is 0 Å². The van der Waals surface area contributed by atoms with Crippen molar-refractivity contribution in [3.05, 3.63) is 34.7 Å². The van der Waals surface area contributed by atoms with Gasteiger partial charge in [-0.25, -0.2) is 0 Å². The first-order valence-electron chi connectivity index (χ1n) is 3.93. The Labute approximate surface area is 72.8 Å². The van der Waals surface area contributed by atoms with Gasteiger partial charge in [-0.2, -0.15) is 0 Å². The Bertz CT molecular complexity index is 388. The topological polar surface area (TPSA) is 12.4 Å². The third-order valence-corrected chi connectivity index (χ3v) is 1.77. The molecule has 12 heavy (non-hydrogen) atoms. The molecule has 1 aromatic rings. The molecule has 0 heterocycles. The first-order chi connectivity index (χ1) is 5.74. The summed E-state index contributed by atoms with van der Waals surface area (Å²) in [6.07, 6.45) is 2.03. The monoisotopic (exact) mass is 159 g/mol. The van der Waals surface area contributed by atoms with Gasteiger partial charge < -0.3 is 0 Å². The molecule has 0 radical (unpaired) electrons. The van der Waals surface area contributed by atoms with Gasteiger partial charge in [0.1, 0.15) is 0 Å². The lowest BCUT2D eigenvalue weighted by Crippen LogP contribution is -2.22. The fraction of sp³-hybridized carbons (Fsp3) is 0.182. The lowest BCUT2D eigenvalue weighted by Gasteiger charge is -1.89. The quantitative estimate of drug-likeness (QED) is 0.541. The Morgan fingerprint density at radius 1 is 1.42 bits per heavy atom. The molecular formula is C11H13N. The van der Waals surface area contributed by atoms with Gasteiger partial charge in [0.05, 0.1) is 0 Å². The molecule has 0 bridgehead atoms. The zero-order chi connectivity index (χ0) is 8.97. The summed E-state index contributed by atoms with van der Waals surface area (Å²) in [5.74, 6) is 0. The normalized spacial score (nSPS) is 13.5. The van der Waals surface area contributed by atoms with Crippen molar-refractivity contribution in [3.63, 3.8) is 0 Å². The smallest absolute Gasteiger partial charge is 0.0320 e. The van der Waals surface area contributed by atoms with Gasteiger partial charge in [-0.05, 0) is 23.4 Å². The van der Waals surface area contributed by atoms with E-state index in [1.54, 1.807) is 7.05 Å². The van der Waals surface area contributed by atoms with Crippen LogP contribution in [-0.2, 0) is 0 Å². The molecule has 0 saturated carbocycles. The Hall–Kier alpha value is -1.37. The van der Waals surface area contributed by atoms with Crippen molar-refractivity contribution in [1.29, 1.82) is 0 Å². The van der Waals surface area contributed by atoms with Gasteiger partial charge in [0.2, 0.25) is 0 Å². The number of rotatable bonds is 1. The Kier molecular flexibility index (Phi) is 2.81. The van der Waals surface area contributed by atoms with Gasteiger partial charge in [-0.1, -0.05) is 30.8 Å². The molecule has 0 aliphatic carbocycles. The van der Waals surface area contributed by atoms with Gasteiger partial charge in [-0.15, -0.1) is 0 Å². The van der Waals surface area contributed by atoms with E-state index in [2.05, 4.69) is 11.6 Å². The molecule has 1 rings (SSSR count). The number of nitrogens with zero attached hydrogens (tertiary/aromatic N) is 1. The van der Waals surface area contributed by atoms with Gasteiger partial charge in [-0.3, -0.25) is 4.99 Å². The molecule has 0 aliphatic heterocycles. The lowest BCUT2D eigenvalue weighted by molar-refractivity contribution is 1.43. The molecule has 0 fully saturated rings. The maximum Gasteiger partial charge on any atom is 0.0320 e. The molecule has 62 valence electrons. The van der Waals surface area contributed by atoms with E-state index in [0.29, 0.717) is 0 Å². The van der Waals surface area contributed by atoms with Crippen LogP contribution in [-0.4, -0.2) is 12.8 Å². The molecule has 0 amide bonds. The van der Waals surface area contributed by atoms with Crippen LogP contribution in [0.5, 0.6) is 0 Å². The molecule has 1 nitrogen and oxygen atoms in total. The predicted octanol–water partition coefficient (Wildman–Crippen LogP) is 0.968. The first kappa shape index (κ1) is 8.72. The molecule has 0 N–H and O–H groups in total. The molecule has 0 saturated heterocycles. The Morgan fingerprint density at radius 2 is 2.08 bits per heavy atom. The lowest BCUT2D eigenvalue weighted by atomic mass is 10.2. The Balaban J connectivity index is 3.29. The number of aliphatic imine (C=N–C) groups is 1. The second-order valence-corrected chi connectivity index (χ2v) is 2.71. The second-order valence-electron chi connectivity index (χ2n) is 2.71. The van der Waals surface area contributed by atoms with E-state index in [9.17, 15) is 0 Å². The third kappa shape index (κ3) is 2.06. The molecule has 0 unspecified atom stereocenters. The minimum atomic E-state index is 1.02. The largest absolute Gasteiger partial charge is 0.293 e. The average molecular weight is 159 g/mol. The highest BCUT2D eigenvalue weighted by atomic mass is 14.7. The number of hydrogen-bond acceptors (Lipinski definition) is 1. The summed E-state index contributed by atoms with van der Waals surface area (Å²) >= 11 is 0. The van der Waals surface area contributed by atoms with Crippen LogP contribution in [0, 0.1) is 0 Å². The van der Waals surface area contributed by atoms with Crippen molar-refractivity contribution in [2.75, 3.05) is 7.05 Å². The Morgan fingerprint density at radius 3 is 2.67 bits per heavy atom. The van der Waals surface area contributed by atoms with Gasteiger partial charge in [0, 0.05) is 12.8 Å². The maximum absolute atomic E-state index is 4.06. The van der Waals surface area contributed by atoms with Gasteiger partial charge in [0.25, 0.3) is 0 Å². The predicted molar refractivity (Wildman–Crippen MR) is 54.7 cm³/mol. The summed E-state index contributed by atoms with van der Waals surface area (Å²) in [4.78, 5) is 4.06. The molecule has 0 spiro atoms. The van der Waals surface area contributed by atoms with Crippen molar-refractivity contribution in [1.82, 2.24) is 0 Å². The van der Waals surface area contributed by atoms with Crippen LogP contribution >= 0.6 is 0 Å². The van der Waals surface area contributed by atoms with E-state index >= 15 is 0 Å². The fourth-order valence-corrected chi connectivity index (χ4v) is 0.965. The SMILES string of the molecule is C=c1cccc/c1=C/C(C)=N\C. The molecular weight excluding hydrogens is 146 g/mol. The van der Waals surface area contributed by atoms with Crippen molar-refractivity contribution < 1.29 is 0 Å². The third-order valence-electron chi connectivity index (χ3n) is 1.77. The highest BCUT2D eigenvalue weighted by molar-refractivity contribution is 6.08. The van der Waals surface area contributed by atoms with E-state index in [0.717, 1.165) is 16.1 Å². The standard InChI is InChI=1S/C11H13N/c1-9-6-4-5-7-11(9)8-10(2)12-3/h4-8H,1H2,2-3H3/b11-8-,12-10-. The number of benzene rings is 1. The zero-order valence-electron chi connectivity index (χ0n) is 7.54. The van der Waals surface area contributed by atoms with Crippen molar-refractivity contribution in [2.24, 2.45) is 4.99 Å². The average Bonchev–Trinajstić information content (AvgIpc) is 2.09. The van der Waals surface area contributed by atoms with Crippen LogP contribution in [0.25, 0.3) is 12.7 Å². The highest BCUT2D eigenvalue weighted by Crippen LogP contribution is 1.76. The van der Waals surface area contributed by atoms with E-state index in [1.807, 2.05) is 37.3 Å². The number of hydrogen-bond donors (Lipinski definition) is 0. The van der Waals surface area contributed by atoms with Crippen molar-refractivity contribution >= 4 is 18.4 Å². The van der Waals surface area contributed by atoms with Gasteiger partial charge in [0.15, 0.2) is 0 Å². The van der Waals surface area contributed by atoms with Crippen LogP contribution in [0.3, 0.4) is 0 Å². The maximum atomic E-state index is 4.06. The van der Waals surface area contributed by atoms with Crippen LogP contribution in [0.15, 0.2) is 29.3 Å². The molecule has 0 aromatic heterocycles. The first-order valence-corrected chi connectivity index (χ1v) is 3.93.